The van der Waals surface area contributed by atoms with Crippen molar-refractivity contribution in [3.05, 3.63) is 0 Å². The topological polar surface area (TPSA) is 17.1 Å². The predicted molar refractivity (Wildman–Crippen MR) is 113 cm³/mol. The van der Waals surface area contributed by atoms with Crippen LogP contribution in [0.2, 0.25) is 0 Å². The first kappa shape index (κ1) is 22.0. The molecule has 1 nitrogen and oxygen atoms in total. The second-order valence-electron chi connectivity index (χ2n) is 9.67. The van der Waals surface area contributed by atoms with E-state index >= 15 is 0 Å². The first-order chi connectivity index (χ1) is 12.6. The third kappa shape index (κ3) is 5.14. The maximum Gasteiger partial charge on any atom is 0.133 e. The van der Waals surface area contributed by atoms with Crippen LogP contribution < -0.4 is 0 Å². The molecule has 0 amide bonds. The summed E-state index contributed by atoms with van der Waals surface area (Å²) >= 11 is 0. The van der Waals surface area contributed by atoms with E-state index in [1.165, 1.54) is 64.2 Å². The Morgan fingerprint density at radius 2 is 1.77 bits per heavy atom. The molecule has 26 heavy (non-hydrogen) atoms. The van der Waals surface area contributed by atoms with Crippen LogP contribution in [-0.2, 0) is 4.79 Å². The Morgan fingerprint density at radius 1 is 1.00 bits per heavy atom. The molecule has 0 saturated heterocycles. The fraction of sp³-hybridized carbons (Fsp3) is 0.960. The molecule has 7 atom stereocenters. The first-order valence-corrected chi connectivity index (χ1v) is 12.1. The van der Waals surface area contributed by atoms with E-state index in [-0.39, 0.29) is 0 Å². The van der Waals surface area contributed by atoms with Gasteiger partial charge in [-0.05, 0) is 60.7 Å². The van der Waals surface area contributed by atoms with Gasteiger partial charge in [0.2, 0.25) is 0 Å². The van der Waals surface area contributed by atoms with Crippen molar-refractivity contribution in [3.8, 4) is 0 Å². The van der Waals surface area contributed by atoms with Crippen LogP contribution in [0.1, 0.15) is 112 Å². The highest BCUT2D eigenvalue weighted by Crippen LogP contribution is 2.53. The molecule has 2 saturated carbocycles. The number of carbonyl (C=O) groups is 1. The summed E-state index contributed by atoms with van der Waals surface area (Å²) in [5, 5.41) is 0. The summed E-state index contributed by atoms with van der Waals surface area (Å²) in [4.78, 5) is 12.0. The lowest BCUT2D eigenvalue weighted by atomic mass is 9.54. The van der Waals surface area contributed by atoms with Gasteiger partial charge in [-0.1, -0.05) is 79.6 Å². The second-order valence-corrected chi connectivity index (χ2v) is 9.67. The number of Topliss-reactive ketones (excluding diaryl/α,β-unsaturated/α-hetero) is 1. The molecule has 2 rings (SSSR count). The van der Waals surface area contributed by atoms with Crippen molar-refractivity contribution in [2.45, 2.75) is 112 Å². The maximum absolute atomic E-state index is 12.0. The van der Waals surface area contributed by atoms with Crippen molar-refractivity contribution in [2.24, 2.45) is 41.4 Å². The minimum absolute atomic E-state index is 0.549. The van der Waals surface area contributed by atoms with Gasteiger partial charge in [-0.2, -0.15) is 0 Å². The Morgan fingerprint density at radius 3 is 2.38 bits per heavy atom. The minimum Gasteiger partial charge on any atom is -0.300 e. The van der Waals surface area contributed by atoms with Gasteiger partial charge in [0.25, 0.3) is 0 Å². The van der Waals surface area contributed by atoms with Gasteiger partial charge in [0.05, 0.1) is 0 Å². The quantitative estimate of drug-likeness (QED) is 0.389. The van der Waals surface area contributed by atoms with Crippen LogP contribution >= 0.6 is 0 Å². The fourth-order valence-electron chi connectivity index (χ4n) is 6.81. The van der Waals surface area contributed by atoms with Crippen LogP contribution in [0.25, 0.3) is 0 Å². The number of fused-ring (bicyclic) bond motifs is 1. The number of rotatable bonds is 10. The third-order valence-electron chi connectivity index (χ3n) is 8.24. The van der Waals surface area contributed by atoms with Gasteiger partial charge in [-0.25, -0.2) is 0 Å². The van der Waals surface area contributed by atoms with E-state index in [4.69, 9.17) is 0 Å². The van der Waals surface area contributed by atoms with Crippen molar-refractivity contribution in [1.82, 2.24) is 0 Å². The Labute approximate surface area is 164 Å². The van der Waals surface area contributed by atoms with E-state index in [2.05, 4.69) is 34.6 Å². The monoisotopic (exact) mass is 362 g/mol. The lowest BCUT2D eigenvalue weighted by Gasteiger charge is -2.51. The van der Waals surface area contributed by atoms with Crippen LogP contribution in [0.4, 0.5) is 0 Å². The zero-order valence-electron chi connectivity index (χ0n) is 18.4. The smallest absolute Gasteiger partial charge is 0.133 e. The molecule has 0 aliphatic heterocycles. The van der Waals surface area contributed by atoms with E-state index in [0.717, 1.165) is 54.3 Å². The van der Waals surface area contributed by atoms with E-state index in [0.29, 0.717) is 5.78 Å². The zero-order chi connectivity index (χ0) is 19.1. The first-order valence-electron chi connectivity index (χ1n) is 12.1. The largest absolute Gasteiger partial charge is 0.300 e. The predicted octanol–water partition coefficient (Wildman–Crippen LogP) is 7.68. The molecule has 2 aliphatic carbocycles. The summed E-state index contributed by atoms with van der Waals surface area (Å²) in [7, 11) is 0. The summed E-state index contributed by atoms with van der Waals surface area (Å²) in [5.41, 5.74) is 0. The van der Waals surface area contributed by atoms with Crippen LogP contribution in [-0.4, -0.2) is 5.78 Å². The Hall–Kier alpha value is -0.330. The average molecular weight is 363 g/mol. The molecule has 0 aromatic rings. The Balaban J connectivity index is 2.24. The van der Waals surface area contributed by atoms with Gasteiger partial charge in [0.15, 0.2) is 0 Å². The van der Waals surface area contributed by atoms with Crippen molar-refractivity contribution in [2.75, 3.05) is 0 Å². The van der Waals surface area contributed by atoms with Crippen LogP contribution in [0.5, 0.6) is 0 Å². The summed E-state index contributed by atoms with van der Waals surface area (Å²) in [6, 6.07) is 0. The molecule has 152 valence electrons. The lowest BCUT2D eigenvalue weighted by Crippen LogP contribution is -2.44. The molecule has 2 aliphatic rings. The van der Waals surface area contributed by atoms with E-state index in [1.807, 2.05) is 0 Å². The number of carbonyl (C=O) groups excluding carboxylic acids is 1. The number of hydrogen-bond acceptors (Lipinski definition) is 1. The molecule has 2 fully saturated rings. The molecular formula is C25H46O. The molecule has 0 N–H and O–H groups in total. The SMILES string of the molecule is CCCCC(CC)C(C(C)CC)C1CCC2CC(=O)CCC2C1CCC. The van der Waals surface area contributed by atoms with Crippen LogP contribution in [0, 0.1) is 41.4 Å². The molecule has 7 unspecified atom stereocenters. The maximum atomic E-state index is 12.0. The molecule has 0 aromatic carbocycles. The number of ketones is 1. The molecular weight excluding hydrogens is 316 g/mol. The second kappa shape index (κ2) is 10.9. The highest BCUT2D eigenvalue weighted by atomic mass is 16.1. The van der Waals surface area contributed by atoms with Gasteiger partial charge in [-0.15, -0.1) is 0 Å². The van der Waals surface area contributed by atoms with E-state index < -0.39 is 0 Å². The summed E-state index contributed by atoms with van der Waals surface area (Å²) in [6.45, 7) is 12.1. The molecule has 0 bridgehead atoms. The fourth-order valence-corrected chi connectivity index (χ4v) is 6.81. The normalized spacial score (nSPS) is 32.7. The summed E-state index contributed by atoms with van der Waals surface area (Å²) < 4.78 is 0. The molecule has 0 radical (unpaired) electrons. The van der Waals surface area contributed by atoms with Crippen molar-refractivity contribution in [3.63, 3.8) is 0 Å². The lowest BCUT2D eigenvalue weighted by molar-refractivity contribution is -0.125. The van der Waals surface area contributed by atoms with Crippen LogP contribution in [0.3, 0.4) is 0 Å². The summed E-state index contributed by atoms with van der Waals surface area (Å²) in [5.74, 6) is 6.60. The zero-order valence-corrected chi connectivity index (χ0v) is 18.4. The molecule has 0 heterocycles. The van der Waals surface area contributed by atoms with Gasteiger partial charge < -0.3 is 0 Å². The highest BCUT2D eigenvalue weighted by Gasteiger charge is 2.46. The highest BCUT2D eigenvalue weighted by molar-refractivity contribution is 5.79. The standard InChI is InChI=1S/C25H46O/c1-6-10-12-19(9-4)25(18(5)8-3)24-15-13-20-17-21(26)14-16-22(20)23(24)11-7-2/h18-20,22-25H,6-17H2,1-5H3. The van der Waals surface area contributed by atoms with Crippen molar-refractivity contribution < 1.29 is 4.79 Å². The Bertz CT molecular complexity index is 414. The minimum atomic E-state index is 0.549. The number of unbranched alkanes of at least 4 members (excludes halogenated alkanes) is 1. The van der Waals surface area contributed by atoms with Gasteiger partial charge in [0, 0.05) is 12.8 Å². The van der Waals surface area contributed by atoms with Crippen LogP contribution in [0.15, 0.2) is 0 Å². The van der Waals surface area contributed by atoms with Crippen molar-refractivity contribution in [1.29, 1.82) is 0 Å². The van der Waals surface area contributed by atoms with E-state index in [1.54, 1.807) is 0 Å². The molecule has 0 spiro atoms. The van der Waals surface area contributed by atoms with Gasteiger partial charge >= 0.3 is 0 Å². The van der Waals surface area contributed by atoms with Crippen molar-refractivity contribution >= 4 is 5.78 Å². The average Bonchev–Trinajstić information content (AvgIpc) is 2.65. The van der Waals surface area contributed by atoms with E-state index in [9.17, 15) is 4.79 Å². The molecule has 1 heteroatoms. The summed E-state index contributed by atoms with van der Waals surface area (Å²) in [6.07, 6.45) is 15.3. The molecule has 0 aromatic heterocycles. The van der Waals surface area contributed by atoms with Gasteiger partial charge in [0.1, 0.15) is 5.78 Å². The number of hydrogen-bond donors (Lipinski definition) is 0. The third-order valence-corrected chi connectivity index (χ3v) is 8.24. The van der Waals surface area contributed by atoms with Gasteiger partial charge in [-0.3, -0.25) is 4.79 Å². The Kier molecular flexibility index (Phi) is 9.18.